The number of rotatable bonds is 1. The van der Waals surface area contributed by atoms with Crippen LogP contribution in [0.1, 0.15) is 12.0 Å². The maximum Gasteiger partial charge on any atom is 0.0630 e. The minimum absolute atomic E-state index is 0.907. The van der Waals surface area contributed by atoms with Crippen molar-refractivity contribution in [2.45, 2.75) is 13.3 Å². The summed E-state index contributed by atoms with van der Waals surface area (Å²) in [6, 6.07) is 6.16. The van der Waals surface area contributed by atoms with Crippen LogP contribution in [0.3, 0.4) is 0 Å². The standard InChI is InChI=1S/C13H21N3/c1-11-5-3-6-12(14)13(11)16-8-4-7-15(2)9-10-16/h3,5-6H,4,7-10,14H2,1-2H3. The van der Waals surface area contributed by atoms with Crippen molar-refractivity contribution in [3.05, 3.63) is 23.8 Å². The summed E-state index contributed by atoms with van der Waals surface area (Å²) in [5.41, 5.74) is 9.51. The highest BCUT2D eigenvalue weighted by atomic mass is 15.2. The molecule has 1 aromatic rings. The number of likely N-dealkylation sites (N-methyl/N-ethyl adjacent to an activating group) is 1. The summed E-state index contributed by atoms with van der Waals surface area (Å²) in [6.45, 7) is 6.63. The van der Waals surface area contributed by atoms with Crippen molar-refractivity contribution in [3.8, 4) is 0 Å². The third-order valence-corrected chi connectivity index (χ3v) is 3.30. The molecule has 0 aromatic heterocycles. The van der Waals surface area contributed by atoms with Crippen molar-refractivity contribution in [2.75, 3.05) is 43.9 Å². The van der Waals surface area contributed by atoms with Gasteiger partial charge in [-0.3, -0.25) is 0 Å². The van der Waals surface area contributed by atoms with Gasteiger partial charge in [0.2, 0.25) is 0 Å². The molecule has 0 saturated carbocycles. The van der Waals surface area contributed by atoms with Crippen LogP contribution in [0.5, 0.6) is 0 Å². The lowest BCUT2D eigenvalue weighted by Gasteiger charge is -2.26. The summed E-state index contributed by atoms with van der Waals surface area (Å²) in [5, 5.41) is 0. The van der Waals surface area contributed by atoms with Crippen LogP contribution >= 0.6 is 0 Å². The topological polar surface area (TPSA) is 32.5 Å². The molecule has 1 saturated heterocycles. The molecule has 3 nitrogen and oxygen atoms in total. The number of para-hydroxylation sites is 1. The number of anilines is 2. The number of nitrogens with zero attached hydrogens (tertiary/aromatic N) is 2. The Morgan fingerprint density at radius 1 is 1.12 bits per heavy atom. The molecule has 0 spiro atoms. The number of nitrogen functional groups attached to an aromatic ring is 1. The van der Waals surface area contributed by atoms with Crippen molar-refractivity contribution < 1.29 is 0 Å². The molecule has 1 aliphatic rings. The molecule has 88 valence electrons. The van der Waals surface area contributed by atoms with Crippen LogP contribution < -0.4 is 10.6 Å². The molecular formula is C13H21N3. The van der Waals surface area contributed by atoms with Gasteiger partial charge in [0.25, 0.3) is 0 Å². The second-order valence-corrected chi connectivity index (χ2v) is 4.66. The quantitative estimate of drug-likeness (QED) is 0.730. The van der Waals surface area contributed by atoms with Gasteiger partial charge in [0, 0.05) is 19.6 Å². The largest absolute Gasteiger partial charge is 0.397 e. The van der Waals surface area contributed by atoms with Crippen molar-refractivity contribution in [1.82, 2.24) is 4.90 Å². The van der Waals surface area contributed by atoms with Crippen LogP contribution in [0.25, 0.3) is 0 Å². The van der Waals surface area contributed by atoms with Crippen molar-refractivity contribution in [3.63, 3.8) is 0 Å². The predicted molar refractivity (Wildman–Crippen MR) is 69.9 cm³/mol. The first-order valence-electron chi connectivity index (χ1n) is 5.97. The molecule has 0 unspecified atom stereocenters. The summed E-state index contributed by atoms with van der Waals surface area (Å²) >= 11 is 0. The van der Waals surface area contributed by atoms with Gasteiger partial charge in [-0.2, -0.15) is 0 Å². The Kier molecular flexibility index (Phi) is 3.34. The van der Waals surface area contributed by atoms with Crippen LogP contribution in [-0.4, -0.2) is 38.1 Å². The zero-order chi connectivity index (χ0) is 11.5. The zero-order valence-corrected chi connectivity index (χ0v) is 10.2. The highest BCUT2D eigenvalue weighted by molar-refractivity contribution is 5.71. The molecule has 1 heterocycles. The molecule has 1 aliphatic heterocycles. The summed E-state index contributed by atoms with van der Waals surface area (Å²) in [5.74, 6) is 0. The lowest BCUT2D eigenvalue weighted by Crippen LogP contribution is -2.29. The number of nitrogens with two attached hydrogens (primary N) is 1. The van der Waals surface area contributed by atoms with E-state index in [2.05, 4.69) is 29.8 Å². The Morgan fingerprint density at radius 2 is 1.94 bits per heavy atom. The van der Waals surface area contributed by atoms with E-state index >= 15 is 0 Å². The highest BCUT2D eigenvalue weighted by Gasteiger charge is 2.15. The second kappa shape index (κ2) is 4.74. The zero-order valence-electron chi connectivity index (χ0n) is 10.2. The normalized spacial score (nSPS) is 18.5. The van der Waals surface area contributed by atoms with Gasteiger partial charge in [0.15, 0.2) is 0 Å². The lowest BCUT2D eigenvalue weighted by atomic mass is 10.1. The SMILES string of the molecule is Cc1cccc(N)c1N1CCCN(C)CC1. The third kappa shape index (κ3) is 2.30. The van der Waals surface area contributed by atoms with Gasteiger partial charge in [-0.1, -0.05) is 12.1 Å². The smallest absolute Gasteiger partial charge is 0.0630 e. The number of hydrogen-bond donors (Lipinski definition) is 1. The monoisotopic (exact) mass is 219 g/mol. The minimum Gasteiger partial charge on any atom is -0.397 e. The van der Waals surface area contributed by atoms with Crippen molar-refractivity contribution in [2.24, 2.45) is 0 Å². The van der Waals surface area contributed by atoms with E-state index < -0.39 is 0 Å². The van der Waals surface area contributed by atoms with Crippen molar-refractivity contribution >= 4 is 11.4 Å². The molecule has 1 fully saturated rings. The van der Waals surface area contributed by atoms with Crippen LogP contribution in [0.4, 0.5) is 11.4 Å². The molecule has 0 amide bonds. The highest BCUT2D eigenvalue weighted by Crippen LogP contribution is 2.27. The van der Waals surface area contributed by atoms with E-state index in [0.717, 1.165) is 25.3 Å². The second-order valence-electron chi connectivity index (χ2n) is 4.66. The van der Waals surface area contributed by atoms with E-state index in [9.17, 15) is 0 Å². The average Bonchev–Trinajstić information content (AvgIpc) is 2.44. The Morgan fingerprint density at radius 3 is 2.69 bits per heavy atom. The molecule has 0 atom stereocenters. The average molecular weight is 219 g/mol. The van der Waals surface area contributed by atoms with Gasteiger partial charge < -0.3 is 15.5 Å². The Hall–Kier alpha value is -1.22. The molecule has 0 bridgehead atoms. The molecule has 1 aromatic carbocycles. The predicted octanol–water partition coefficient (Wildman–Crippen LogP) is 1.72. The minimum atomic E-state index is 0.907. The summed E-state index contributed by atoms with van der Waals surface area (Å²) < 4.78 is 0. The summed E-state index contributed by atoms with van der Waals surface area (Å²) in [7, 11) is 2.19. The Balaban J connectivity index is 2.23. The van der Waals surface area contributed by atoms with Gasteiger partial charge in [-0.15, -0.1) is 0 Å². The lowest BCUT2D eigenvalue weighted by molar-refractivity contribution is 0.360. The van der Waals surface area contributed by atoms with E-state index in [0.29, 0.717) is 0 Å². The fraction of sp³-hybridized carbons (Fsp3) is 0.538. The van der Waals surface area contributed by atoms with Crippen LogP contribution in [0.2, 0.25) is 0 Å². The maximum absolute atomic E-state index is 6.08. The molecular weight excluding hydrogens is 198 g/mol. The molecule has 16 heavy (non-hydrogen) atoms. The van der Waals surface area contributed by atoms with E-state index in [-0.39, 0.29) is 0 Å². The van der Waals surface area contributed by atoms with Crippen molar-refractivity contribution in [1.29, 1.82) is 0 Å². The molecule has 2 N–H and O–H groups in total. The number of hydrogen-bond acceptors (Lipinski definition) is 3. The van der Waals surface area contributed by atoms with Gasteiger partial charge in [0.1, 0.15) is 0 Å². The van der Waals surface area contributed by atoms with Gasteiger partial charge >= 0.3 is 0 Å². The molecule has 3 heteroatoms. The molecule has 2 rings (SSSR count). The number of aryl methyl sites for hydroxylation is 1. The fourth-order valence-corrected chi connectivity index (χ4v) is 2.38. The first-order chi connectivity index (χ1) is 7.68. The summed E-state index contributed by atoms with van der Waals surface area (Å²) in [4.78, 5) is 4.81. The van der Waals surface area contributed by atoms with Gasteiger partial charge in [-0.05, 0) is 38.6 Å². The Labute approximate surface area is 97.8 Å². The van der Waals surface area contributed by atoms with E-state index in [1.165, 1.54) is 24.2 Å². The van der Waals surface area contributed by atoms with E-state index in [1.807, 2.05) is 12.1 Å². The van der Waals surface area contributed by atoms with Crippen LogP contribution in [0, 0.1) is 6.92 Å². The third-order valence-electron chi connectivity index (χ3n) is 3.30. The molecule has 0 radical (unpaired) electrons. The van der Waals surface area contributed by atoms with Crippen LogP contribution in [-0.2, 0) is 0 Å². The van der Waals surface area contributed by atoms with E-state index in [1.54, 1.807) is 0 Å². The number of benzene rings is 1. The van der Waals surface area contributed by atoms with Crippen LogP contribution in [0.15, 0.2) is 18.2 Å². The fourth-order valence-electron chi connectivity index (χ4n) is 2.38. The van der Waals surface area contributed by atoms with E-state index in [4.69, 9.17) is 5.73 Å². The Bertz CT molecular complexity index is 342. The van der Waals surface area contributed by atoms with Gasteiger partial charge in [-0.25, -0.2) is 0 Å². The molecule has 0 aliphatic carbocycles. The first kappa shape index (κ1) is 11.3. The maximum atomic E-state index is 6.08. The summed E-state index contributed by atoms with van der Waals surface area (Å²) in [6.07, 6.45) is 1.21. The first-order valence-corrected chi connectivity index (χ1v) is 5.97. The van der Waals surface area contributed by atoms with Gasteiger partial charge in [0.05, 0.1) is 11.4 Å².